The fourth-order valence-electron chi connectivity index (χ4n) is 3.56. The molecule has 0 amide bonds. The Hall–Kier alpha value is -1.79. The van der Waals surface area contributed by atoms with Gasteiger partial charge in [-0.1, -0.05) is 11.6 Å². The van der Waals surface area contributed by atoms with Crippen LogP contribution in [0, 0.1) is 0 Å². The van der Waals surface area contributed by atoms with Crippen molar-refractivity contribution < 1.29 is 14.3 Å². The minimum absolute atomic E-state index is 0.0316. The molecule has 0 fully saturated rings. The number of halogens is 1. The van der Waals surface area contributed by atoms with E-state index >= 15 is 0 Å². The largest absolute Gasteiger partial charge is 0.490 e. The van der Waals surface area contributed by atoms with Crippen LogP contribution in [0.4, 0.5) is 0 Å². The lowest BCUT2D eigenvalue weighted by atomic mass is 9.85. The molecule has 0 bridgehead atoms. The Morgan fingerprint density at radius 3 is 2.78 bits per heavy atom. The zero-order chi connectivity index (χ0) is 19.7. The third-order valence-corrected chi connectivity index (χ3v) is 5.39. The first-order valence-electron chi connectivity index (χ1n) is 9.26. The Balaban J connectivity index is 2.10. The van der Waals surface area contributed by atoms with E-state index in [1.54, 1.807) is 0 Å². The summed E-state index contributed by atoms with van der Waals surface area (Å²) in [6.45, 7) is 6.28. The Morgan fingerprint density at radius 1 is 1.37 bits per heavy atom. The molecule has 1 aromatic carbocycles. The highest BCUT2D eigenvalue weighted by atomic mass is 35.5. The predicted octanol–water partition coefficient (Wildman–Crippen LogP) is 4.39. The van der Waals surface area contributed by atoms with E-state index in [0.29, 0.717) is 34.7 Å². The Morgan fingerprint density at radius 2 is 2.11 bits per heavy atom. The van der Waals surface area contributed by atoms with Crippen LogP contribution in [0.15, 0.2) is 23.4 Å². The van der Waals surface area contributed by atoms with Crippen molar-refractivity contribution in [3.8, 4) is 11.5 Å². The molecule has 0 saturated heterocycles. The van der Waals surface area contributed by atoms with Gasteiger partial charge in [-0.25, -0.2) is 0 Å². The highest BCUT2D eigenvalue weighted by Gasteiger charge is 2.36. The first-order valence-corrected chi connectivity index (χ1v) is 10.1. The number of ketones is 1. The number of thiocarbonyl (C=S) groups is 1. The molecule has 1 unspecified atom stereocenters. The van der Waals surface area contributed by atoms with Crippen LogP contribution in [-0.4, -0.2) is 35.6 Å². The fraction of sp³-hybridized carbons (Fsp3) is 0.500. The minimum Gasteiger partial charge on any atom is -0.490 e. The summed E-state index contributed by atoms with van der Waals surface area (Å²) in [5.41, 5.74) is 2.61. The monoisotopic (exact) mass is 408 g/mol. The van der Waals surface area contributed by atoms with E-state index in [1.165, 1.54) is 0 Å². The summed E-state index contributed by atoms with van der Waals surface area (Å²) in [6.07, 6.45) is 2.22. The maximum absolute atomic E-state index is 12.7. The maximum atomic E-state index is 12.7. The van der Waals surface area contributed by atoms with Gasteiger partial charge in [-0.05, 0) is 63.5 Å². The van der Waals surface area contributed by atoms with Gasteiger partial charge in [-0.2, -0.15) is 0 Å². The number of carbonyl (C=O) groups is 1. The molecule has 0 aromatic heterocycles. The molecule has 0 radical (unpaired) electrons. The molecule has 27 heavy (non-hydrogen) atoms. The summed E-state index contributed by atoms with van der Waals surface area (Å²) in [5, 5.41) is 4.35. The van der Waals surface area contributed by atoms with E-state index < -0.39 is 0 Å². The molecule has 1 aliphatic carbocycles. The van der Waals surface area contributed by atoms with Gasteiger partial charge < -0.3 is 19.7 Å². The second-order valence-electron chi connectivity index (χ2n) is 7.01. The van der Waals surface area contributed by atoms with Crippen molar-refractivity contribution in [2.75, 3.05) is 13.7 Å². The zero-order valence-electron chi connectivity index (χ0n) is 16.1. The SMILES string of the molecule is CCOc1cc(C2NC(=S)N(C)C3=C2C(=O)CCC3)cc(Cl)c1OC(C)C. The molecule has 0 saturated carbocycles. The summed E-state index contributed by atoms with van der Waals surface area (Å²) in [5.74, 6) is 1.25. The minimum atomic E-state index is -0.332. The van der Waals surface area contributed by atoms with E-state index in [4.69, 9.17) is 33.3 Å². The summed E-state index contributed by atoms with van der Waals surface area (Å²) < 4.78 is 11.6. The highest BCUT2D eigenvalue weighted by molar-refractivity contribution is 7.80. The Bertz CT molecular complexity index is 807. The number of nitrogens with one attached hydrogen (secondary N) is 1. The van der Waals surface area contributed by atoms with Crippen molar-refractivity contribution in [3.05, 3.63) is 34.0 Å². The second kappa shape index (κ2) is 8.07. The van der Waals surface area contributed by atoms with Gasteiger partial charge >= 0.3 is 0 Å². The van der Waals surface area contributed by atoms with Crippen LogP contribution in [0.1, 0.15) is 51.6 Å². The van der Waals surface area contributed by atoms with Gasteiger partial charge in [-0.3, -0.25) is 4.79 Å². The molecule has 0 spiro atoms. The molecule has 3 rings (SSSR count). The molecule has 1 aromatic rings. The van der Waals surface area contributed by atoms with Crippen molar-refractivity contribution in [1.82, 2.24) is 10.2 Å². The van der Waals surface area contributed by atoms with Crippen molar-refractivity contribution in [2.24, 2.45) is 0 Å². The molecular weight excluding hydrogens is 384 g/mol. The van der Waals surface area contributed by atoms with Gasteiger partial charge in [0.15, 0.2) is 22.4 Å². The van der Waals surface area contributed by atoms with Crippen LogP contribution in [0.5, 0.6) is 11.5 Å². The van der Waals surface area contributed by atoms with Gasteiger partial charge in [-0.15, -0.1) is 0 Å². The average Bonchev–Trinajstić information content (AvgIpc) is 2.61. The number of Topliss-reactive ketones (excluding diaryl/α,β-unsaturated/α-hetero) is 1. The van der Waals surface area contributed by atoms with E-state index in [-0.39, 0.29) is 17.9 Å². The van der Waals surface area contributed by atoms with E-state index in [2.05, 4.69) is 5.32 Å². The van der Waals surface area contributed by atoms with Gasteiger partial charge in [0.05, 0.1) is 23.8 Å². The number of ether oxygens (including phenoxy) is 2. The summed E-state index contributed by atoms with van der Waals surface area (Å²) in [4.78, 5) is 14.6. The fourth-order valence-corrected chi connectivity index (χ4v) is 4.05. The van der Waals surface area contributed by atoms with Crippen molar-refractivity contribution in [1.29, 1.82) is 0 Å². The van der Waals surface area contributed by atoms with Crippen LogP contribution >= 0.6 is 23.8 Å². The van der Waals surface area contributed by atoms with Crippen molar-refractivity contribution in [2.45, 2.75) is 52.2 Å². The van der Waals surface area contributed by atoms with E-state index in [9.17, 15) is 4.79 Å². The van der Waals surface area contributed by atoms with E-state index in [0.717, 1.165) is 29.7 Å². The lowest BCUT2D eigenvalue weighted by Gasteiger charge is -2.39. The average molecular weight is 409 g/mol. The molecule has 1 N–H and O–H groups in total. The summed E-state index contributed by atoms with van der Waals surface area (Å²) in [6, 6.07) is 3.40. The van der Waals surface area contributed by atoms with Crippen LogP contribution in [-0.2, 0) is 4.79 Å². The lowest BCUT2D eigenvalue weighted by molar-refractivity contribution is -0.116. The first kappa shape index (κ1) is 20.0. The number of carbonyl (C=O) groups excluding carboxylic acids is 1. The first-order chi connectivity index (χ1) is 12.8. The smallest absolute Gasteiger partial charge is 0.180 e. The Kier molecular flexibility index (Phi) is 5.96. The Labute approximate surface area is 170 Å². The number of hydrogen-bond donors (Lipinski definition) is 1. The van der Waals surface area contributed by atoms with E-state index in [1.807, 2.05) is 44.9 Å². The maximum Gasteiger partial charge on any atom is 0.180 e. The zero-order valence-corrected chi connectivity index (χ0v) is 17.7. The predicted molar refractivity (Wildman–Crippen MR) is 111 cm³/mol. The molecule has 1 atom stereocenters. The van der Waals surface area contributed by atoms with Gasteiger partial charge in [0.2, 0.25) is 0 Å². The molecule has 146 valence electrons. The third kappa shape index (κ3) is 3.92. The number of benzene rings is 1. The molecular formula is C20H25ClN2O3S. The normalized spacial score (nSPS) is 19.9. The summed E-state index contributed by atoms with van der Waals surface area (Å²) in [7, 11) is 1.90. The quantitative estimate of drug-likeness (QED) is 0.729. The van der Waals surface area contributed by atoms with Crippen LogP contribution in [0.3, 0.4) is 0 Å². The third-order valence-electron chi connectivity index (χ3n) is 4.71. The highest BCUT2D eigenvalue weighted by Crippen LogP contribution is 2.43. The number of hydrogen-bond acceptors (Lipinski definition) is 4. The molecule has 2 aliphatic rings. The number of allylic oxidation sites excluding steroid dienone is 1. The van der Waals surface area contributed by atoms with Crippen LogP contribution < -0.4 is 14.8 Å². The van der Waals surface area contributed by atoms with Gasteiger partial charge in [0.1, 0.15) is 0 Å². The molecule has 7 heteroatoms. The summed E-state index contributed by atoms with van der Waals surface area (Å²) >= 11 is 12.0. The van der Waals surface area contributed by atoms with Gasteiger partial charge in [0, 0.05) is 24.7 Å². The standard InChI is InChI=1S/C20H25ClN2O3S/c1-5-25-16-10-12(9-13(21)19(16)26-11(2)3)18-17-14(7-6-8-15(17)24)23(4)20(27)22-18/h9-11,18H,5-8H2,1-4H3,(H,22,27). The molecule has 1 aliphatic heterocycles. The van der Waals surface area contributed by atoms with Crippen LogP contribution in [0.25, 0.3) is 0 Å². The number of rotatable bonds is 5. The van der Waals surface area contributed by atoms with Crippen molar-refractivity contribution >= 4 is 34.7 Å². The van der Waals surface area contributed by atoms with Gasteiger partial charge in [0.25, 0.3) is 0 Å². The lowest BCUT2D eigenvalue weighted by Crippen LogP contribution is -2.47. The van der Waals surface area contributed by atoms with Crippen LogP contribution in [0.2, 0.25) is 5.02 Å². The molecule has 5 nitrogen and oxygen atoms in total. The second-order valence-corrected chi connectivity index (χ2v) is 7.80. The number of nitrogens with zero attached hydrogens (tertiary/aromatic N) is 1. The molecule has 1 heterocycles. The topological polar surface area (TPSA) is 50.8 Å². The van der Waals surface area contributed by atoms with Crippen molar-refractivity contribution in [3.63, 3.8) is 0 Å².